The molecule has 0 heterocycles. The molecule has 0 saturated carbocycles. The summed E-state index contributed by atoms with van der Waals surface area (Å²) in [4.78, 5) is 0. The van der Waals surface area contributed by atoms with E-state index in [1.807, 2.05) is 6.92 Å². The van der Waals surface area contributed by atoms with E-state index in [2.05, 4.69) is 63.2 Å². The zero-order valence-corrected chi connectivity index (χ0v) is 13.4. The van der Waals surface area contributed by atoms with Gasteiger partial charge in [-0.1, -0.05) is 50.2 Å². The van der Waals surface area contributed by atoms with Crippen LogP contribution in [0.2, 0.25) is 0 Å². The predicted octanol–water partition coefficient (Wildman–Crippen LogP) is 4.72. The van der Waals surface area contributed by atoms with Gasteiger partial charge in [0.1, 0.15) is 12.4 Å². The molecule has 0 fully saturated rings. The summed E-state index contributed by atoms with van der Waals surface area (Å²) in [6, 6.07) is 14.8. The number of hydrogen-bond acceptors (Lipinski definition) is 2. The van der Waals surface area contributed by atoms with Crippen LogP contribution in [0.15, 0.2) is 42.5 Å². The standard InChI is InChI=1S/C19H25NO/c1-13(2)17-8-6-16(7-9-17)12-21-19-11-14(3)5-10-18(19)15(4)20/h5-11,13,15H,12,20H2,1-4H3/t15-/m0/s1. The van der Waals surface area contributed by atoms with E-state index in [1.165, 1.54) is 16.7 Å². The maximum Gasteiger partial charge on any atom is 0.124 e. The lowest BCUT2D eigenvalue weighted by Crippen LogP contribution is -2.08. The Morgan fingerprint density at radius 2 is 1.67 bits per heavy atom. The molecular formula is C19H25NO. The molecule has 0 amide bonds. The van der Waals surface area contributed by atoms with Crippen LogP contribution in [-0.2, 0) is 6.61 Å². The fraction of sp³-hybridized carbons (Fsp3) is 0.368. The molecule has 0 bridgehead atoms. The van der Waals surface area contributed by atoms with Crippen LogP contribution in [0.1, 0.15) is 55.0 Å². The minimum Gasteiger partial charge on any atom is -0.489 e. The average Bonchev–Trinajstić information content (AvgIpc) is 2.45. The third kappa shape index (κ3) is 4.08. The molecule has 2 aromatic carbocycles. The van der Waals surface area contributed by atoms with E-state index >= 15 is 0 Å². The van der Waals surface area contributed by atoms with E-state index in [0.717, 1.165) is 11.3 Å². The number of aryl methyl sites for hydroxylation is 1. The molecule has 2 N–H and O–H groups in total. The van der Waals surface area contributed by atoms with E-state index < -0.39 is 0 Å². The van der Waals surface area contributed by atoms with Gasteiger partial charge in [0.2, 0.25) is 0 Å². The predicted molar refractivity (Wildman–Crippen MR) is 88.6 cm³/mol. The van der Waals surface area contributed by atoms with Crippen LogP contribution in [0.5, 0.6) is 5.75 Å². The highest BCUT2D eigenvalue weighted by atomic mass is 16.5. The summed E-state index contributed by atoms with van der Waals surface area (Å²) in [7, 11) is 0. The van der Waals surface area contributed by atoms with Crippen molar-refractivity contribution in [2.45, 2.75) is 46.3 Å². The van der Waals surface area contributed by atoms with Crippen molar-refractivity contribution < 1.29 is 4.74 Å². The van der Waals surface area contributed by atoms with Crippen LogP contribution in [0.3, 0.4) is 0 Å². The normalized spacial score (nSPS) is 12.5. The smallest absolute Gasteiger partial charge is 0.124 e. The number of rotatable bonds is 5. The van der Waals surface area contributed by atoms with Gasteiger partial charge < -0.3 is 10.5 Å². The Balaban J connectivity index is 2.10. The highest BCUT2D eigenvalue weighted by Gasteiger charge is 2.08. The maximum atomic E-state index is 6.01. The zero-order valence-electron chi connectivity index (χ0n) is 13.4. The third-order valence-electron chi connectivity index (χ3n) is 3.70. The molecular weight excluding hydrogens is 258 g/mol. The van der Waals surface area contributed by atoms with Crippen molar-refractivity contribution in [3.63, 3.8) is 0 Å². The molecule has 112 valence electrons. The Bertz CT molecular complexity index is 585. The van der Waals surface area contributed by atoms with Crippen LogP contribution in [-0.4, -0.2) is 0 Å². The second-order valence-electron chi connectivity index (χ2n) is 6.01. The van der Waals surface area contributed by atoms with Gasteiger partial charge in [0.15, 0.2) is 0 Å². The first kappa shape index (κ1) is 15.6. The monoisotopic (exact) mass is 283 g/mol. The van der Waals surface area contributed by atoms with Crippen molar-refractivity contribution in [1.82, 2.24) is 0 Å². The topological polar surface area (TPSA) is 35.2 Å². The fourth-order valence-corrected chi connectivity index (χ4v) is 2.30. The summed E-state index contributed by atoms with van der Waals surface area (Å²) in [5.41, 5.74) is 10.8. The summed E-state index contributed by atoms with van der Waals surface area (Å²) in [5.74, 6) is 1.44. The van der Waals surface area contributed by atoms with Crippen molar-refractivity contribution >= 4 is 0 Å². The first-order valence-electron chi connectivity index (χ1n) is 7.55. The average molecular weight is 283 g/mol. The quantitative estimate of drug-likeness (QED) is 0.862. The third-order valence-corrected chi connectivity index (χ3v) is 3.70. The lowest BCUT2D eigenvalue weighted by Gasteiger charge is -2.15. The lowest BCUT2D eigenvalue weighted by molar-refractivity contribution is 0.301. The molecule has 2 heteroatoms. The van der Waals surface area contributed by atoms with Gasteiger partial charge in [-0.2, -0.15) is 0 Å². The highest BCUT2D eigenvalue weighted by Crippen LogP contribution is 2.26. The highest BCUT2D eigenvalue weighted by molar-refractivity contribution is 5.39. The van der Waals surface area contributed by atoms with E-state index in [0.29, 0.717) is 12.5 Å². The summed E-state index contributed by atoms with van der Waals surface area (Å²) in [6.45, 7) is 9.02. The largest absolute Gasteiger partial charge is 0.489 e. The molecule has 0 spiro atoms. The Hall–Kier alpha value is -1.80. The minimum absolute atomic E-state index is 0.0242. The summed E-state index contributed by atoms with van der Waals surface area (Å²) >= 11 is 0. The molecule has 0 saturated heterocycles. The molecule has 0 aliphatic rings. The van der Waals surface area contributed by atoms with E-state index in [4.69, 9.17) is 10.5 Å². The van der Waals surface area contributed by atoms with E-state index in [1.54, 1.807) is 0 Å². The minimum atomic E-state index is -0.0242. The van der Waals surface area contributed by atoms with Gasteiger partial charge in [0.25, 0.3) is 0 Å². The number of nitrogens with two attached hydrogens (primary N) is 1. The first-order valence-corrected chi connectivity index (χ1v) is 7.55. The van der Waals surface area contributed by atoms with Gasteiger partial charge in [-0.05, 0) is 42.5 Å². The van der Waals surface area contributed by atoms with E-state index in [-0.39, 0.29) is 6.04 Å². The SMILES string of the molecule is Cc1ccc([C@H](C)N)c(OCc2ccc(C(C)C)cc2)c1. The summed E-state index contributed by atoms with van der Waals surface area (Å²) in [6.07, 6.45) is 0. The van der Waals surface area contributed by atoms with Crippen LogP contribution in [0.4, 0.5) is 0 Å². The fourth-order valence-electron chi connectivity index (χ4n) is 2.30. The molecule has 0 unspecified atom stereocenters. The van der Waals surface area contributed by atoms with Crippen molar-refractivity contribution in [1.29, 1.82) is 0 Å². The second-order valence-corrected chi connectivity index (χ2v) is 6.01. The molecule has 1 atom stereocenters. The second kappa shape index (κ2) is 6.77. The van der Waals surface area contributed by atoms with Gasteiger partial charge in [0, 0.05) is 11.6 Å². The van der Waals surface area contributed by atoms with Gasteiger partial charge in [-0.15, -0.1) is 0 Å². The first-order chi connectivity index (χ1) is 9.97. The van der Waals surface area contributed by atoms with Crippen LogP contribution in [0.25, 0.3) is 0 Å². The number of ether oxygens (including phenoxy) is 1. The number of benzene rings is 2. The van der Waals surface area contributed by atoms with Gasteiger partial charge in [-0.3, -0.25) is 0 Å². The Morgan fingerprint density at radius 1 is 1.00 bits per heavy atom. The zero-order chi connectivity index (χ0) is 15.4. The summed E-state index contributed by atoms with van der Waals surface area (Å²) in [5, 5.41) is 0. The van der Waals surface area contributed by atoms with Crippen molar-refractivity contribution in [2.75, 3.05) is 0 Å². The lowest BCUT2D eigenvalue weighted by atomic mass is 10.0. The molecule has 2 rings (SSSR count). The molecule has 2 aromatic rings. The molecule has 0 aliphatic heterocycles. The van der Waals surface area contributed by atoms with Gasteiger partial charge >= 0.3 is 0 Å². The molecule has 2 nitrogen and oxygen atoms in total. The van der Waals surface area contributed by atoms with Crippen LogP contribution < -0.4 is 10.5 Å². The Morgan fingerprint density at radius 3 is 2.24 bits per heavy atom. The van der Waals surface area contributed by atoms with Crippen LogP contribution in [0, 0.1) is 6.92 Å². The molecule has 0 aliphatic carbocycles. The molecule has 21 heavy (non-hydrogen) atoms. The van der Waals surface area contributed by atoms with Crippen molar-refractivity contribution in [3.05, 3.63) is 64.7 Å². The van der Waals surface area contributed by atoms with Crippen molar-refractivity contribution in [3.8, 4) is 5.75 Å². The summed E-state index contributed by atoms with van der Waals surface area (Å²) < 4.78 is 5.99. The number of hydrogen-bond donors (Lipinski definition) is 1. The molecule has 0 radical (unpaired) electrons. The Labute approximate surface area is 127 Å². The molecule has 0 aromatic heterocycles. The van der Waals surface area contributed by atoms with Crippen molar-refractivity contribution in [2.24, 2.45) is 5.73 Å². The maximum absolute atomic E-state index is 6.01. The Kier molecular flexibility index (Phi) is 5.03. The van der Waals surface area contributed by atoms with E-state index in [9.17, 15) is 0 Å². The van der Waals surface area contributed by atoms with Crippen LogP contribution >= 0.6 is 0 Å². The van der Waals surface area contributed by atoms with Gasteiger partial charge in [-0.25, -0.2) is 0 Å². The van der Waals surface area contributed by atoms with Gasteiger partial charge in [0.05, 0.1) is 0 Å².